The number of piperidine rings is 1. The van der Waals surface area contributed by atoms with E-state index in [0.717, 1.165) is 12.8 Å². The molecule has 0 unspecified atom stereocenters. The van der Waals surface area contributed by atoms with E-state index in [9.17, 15) is 9.59 Å². The van der Waals surface area contributed by atoms with Crippen LogP contribution in [0.2, 0.25) is 0 Å². The fraction of sp³-hybridized carbons (Fsp3) is 0.625. The van der Waals surface area contributed by atoms with Crippen LogP contribution < -0.4 is 5.73 Å². The summed E-state index contributed by atoms with van der Waals surface area (Å²) in [6.07, 6.45) is 3.12. The Balaban J connectivity index is 2.37. The van der Waals surface area contributed by atoms with Gasteiger partial charge < -0.3 is 15.6 Å². The normalized spacial score (nSPS) is 21.3. The summed E-state index contributed by atoms with van der Waals surface area (Å²) in [4.78, 5) is 29.1. The maximum absolute atomic E-state index is 12.9. The van der Waals surface area contributed by atoms with Gasteiger partial charge in [-0.05, 0) is 53.5 Å². The second kappa shape index (κ2) is 4.98. The molecule has 1 saturated heterocycles. The number of nitrogens with one attached hydrogen (secondary N) is 1. The van der Waals surface area contributed by atoms with Crippen LogP contribution in [0.3, 0.4) is 0 Å². The number of hydrogen-bond acceptors (Lipinski definition) is 3. The molecule has 0 spiro atoms. The smallest absolute Gasteiger partial charge is 0.271 e. The molecule has 1 aromatic heterocycles. The molecule has 1 aliphatic heterocycles. The van der Waals surface area contributed by atoms with Crippen molar-refractivity contribution in [3.63, 3.8) is 0 Å². The van der Waals surface area contributed by atoms with Crippen LogP contribution in [0, 0.1) is 0 Å². The molecule has 3 N–H and O–H groups in total. The lowest BCUT2D eigenvalue weighted by Gasteiger charge is -2.54. The molecular weight excluding hydrogens is 266 g/mol. The zero-order valence-electron chi connectivity index (χ0n) is 13.5. The average molecular weight is 291 g/mol. The molecular formula is C16H25N3O2. The molecule has 0 bridgehead atoms. The van der Waals surface area contributed by atoms with Crippen LogP contribution in [-0.4, -0.2) is 38.7 Å². The number of nitrogens with two attached hydrogens (primary N) is 1. The maximum Gasteiger partial charge on any atom is 0.271 e. The summed E-state index contributed by atoms with van der Waals surface area (Å²) in [5.41, 5.74) is 6.49. The van der Waals surface area contributed by atoms with Gasteiger partial charge in [0.25, 0.3) is 5.91 Å². The van der Waals surface area contributed by atoms with E-state index in [-0.39, 0.29) is 28.8 Å². The van der Waals surface area contributed by atoms with Crippen LogP contribution in [0.25, 0.3) is 0 Å². The number of aromatic amines is 1. The number of rotatable bonds is 2. The quantitative estimate of drug-likeness (QED) is 0.821. The highest BCUT2D eigenvalue weighted by Crippen LogP contribution is 2.38. The molecule has 0 radical (unpaired) electrons. The van der Waals surface area contributed by atoms with Gasteiger partial charge in [0.05, 0.1) is 0 Å². The second-order valence-electron chi connectivity index (χ2n) is 7.29. The van der Waals surface area contributed by atoms with Gasteiger partial charge in [-0.3, -0.25) is 9.59 Å². The Morgan fingerprint density at radius 2 is 1.76 bits per heavy atom. The van der Waals surface area contributed by atoms with E-state index >= 15 is 0 Å². The average Bonchev–Trinajstić information content (AvgIpc) is 2.73. The van der Waals surface area contributed by atoms with Crippen LogP contribution in [-0.2, 0) is 0 Å². The number of carbonyl (C=O) groups is 2. The van der Waals surface area contributed by atoms with Crippen molar-refractivity contribution in [3.05, 3.63) is 23.5 Å². The van der Waals surface area contributed by atoms with Gasteiger partial charge in [0.1, 0.15) is 5.69 Å². The predicted molar refractivity (Wildman–Crippen MR) is 82.3 cm³/mol. The molecule has 0 atom stereocenters. The van der Waals surface area contributed by atoms with E-state index in [4.69, 9.17) is 5.73 Å². The number of amides is 1. The summed E-state index contributed by atoms with van der Waals surface area (Å²) < 4.78 is 0. The zero-order chi connectivity index (χ0) is 16.0. The van der Waals surface area contributed by atoms with Crippen LogP contribution >= 0.6 is 0 Å². The Hall–Kier alpha value is -1.62. The number of carbonyl (C=O) groups excluding carboxylic acids is 2. The van der Waals surface area contributed by atoms with Gasteiger partial charge in [0, 0.05) is 28.9 Å². The van der Waals surface area contributed by atoms with Crippen molar-refractivity contribution in [1.29, 1.82) is 0 Å². The van der Waals surface area contributed by atoms with E-state index in [2.05, 4.69) is 4.98 Å². The van der Waals surface area contributed by atoms with E-state index in [0.29, 0.717) is 11.3 Å². The summed E-state index contributed by atoms with van der Waals surface area (Å²) in [7, 11) is 0. The standard InChI is InChI=1S/C16H25N3O2/c1-10(20)11-6-13(18-9-11)14(21)19-15(2,3)7-12(17)8-16(19,4)5/h6,9,12,18H,7-8,17H2,1-5H3. The molecule has 116 valence electrons. The maximum atomic E-state index is 12.9. The lowest BCUT2D eigenvalue weighted by molar-refractivity contribution is -0.0176. The van der Waals surface area contributed by atoms with Gasteiger partial charge >= 0.3 is 0 Å². The third kappa shape index (κ3) is 2.88. The number of likely N-dealkylation sites (tertiary alicyclic amines) is 1. The SMILES string of the molecule is CC(=O)c1c[nH]c(C(=O)N2C(C)(C)CC(N)CC2(C)C)c1. The number of hydrogen-bond donors (Lipinski definition) is 2. The third-order valence-corrected chi connectivity index (χ3v) is 4.26. The molecule has 1 aliphatic rings. The topological polar surface area (TPSA) is 79.2 Å². The van der Waals surface area contributed by atoms with Crippen LogP contribution in [0.4, 0.5) is 0 Å². The molecule has 0 saturated carbocycles. The van der Waals surface area contributed by atoms with Crippen molar-refractivity contribution in [1.82, 2.24) is 9.88 Å². The highest BCUT2D eigenvalue weighted by Gasteiger charge is 2.47. The molecule has 0 aromatic carbocycles. The van der Waals surface area contributed by atoms with Crippen molar-refractivity contribution >= 4 is 11.7 Å². The first-order valence-electron chi connectivity index (χ1n) is 7.34. The van der Waals surface area contributed by atoms with Gasteiger partial charge in [-0.15, -0.1) is 0 Å². The number of nitrogens with zero attached hydrogens (tertiary/aromatic N) is 1. The Labute approximate surface area is 125 Å². The van der Waals surface area contributed by atoms with Gasteiger partial charge in [0.15, 0.2) is 5.78 Å². The van der Waals surface area contributed by atoms with E-state index in [1.165, 1.54) is 6.92 Å². The first kappa shape index (κ1) is 15.8. The van der Waals surface area contributed by atoms with E-state index in [1.807, 2.05) is 32.6 Å². The fourth-order valence-electron chi connectivity index (χ4n) is 3.75. The van der Waals surface area contributed by atoms with Crippen molar-refractivity contribution in [2.24, 2.45) is 5.73 Å². The van der Waals surface area contributed by atoms with Crippen molar-refractivity contribution in [2.75, 3.05) is 0 Å². The van der Waals surface area contributed by atoms with Crippen LogP contribution in [0.15, 0.2) is 12.3 Å². The Kier molecular flexibility index (Phi) is 3.74. The zero-order valence-corrected chi connectivity index (χ0v) is 13.5. The number of H-pyrrole nitrogens is 1. The molecule has 1 amide bonds. The van der Waals surface area contributed by atoms with Crippen molar-refractivity contribution in [3.8, 4) is 0 Å². The summed E-state index contributed by atoms with van der Waals surface area (Å²) in [6.45, 7) is 9.66. The minimum atomic E-state index is -0.320. The lowest BCUT2D eigenvalue weighted by atomic mass is 9.77. The van der Waals surface area contributed by atoms with Gasteiger partial charge in [-0.2, -0.15) is 0 Å². The Bertz CT molecular complexity index is 554. The highest BCUT2D eigenvalue weighted by atomic mass is 16.2. The molecule has 0 aliphatic carbocycles. The van der Waals surface area contributed by atoms with Crippen molar-refractivity contribution < 1.29 is 9.59 Å². The monoisotopic (exact) mass is 291 g/mol. The number of ketones is 1. The minimum Gasteiger partial charge on any atom is -0.356 e. The van der Waals surface area contributed by atoms with Crippen LogP contribution in [0.1, 0.15) is 68.3 Å². The molecule has 2 rings (SSSR count). The molecule has 1 aromatic rings. The van der Waals surface area contributed by atoms with Gasteiger partial charge in [-0.25, -0.2) is 0 Å². The number of Topliss-reactive ketones (excluding diaryl/α,β-unsaturated/α-hetero) is 1. The summed E-state index contributed by atoms with van der Waals surface area (Å²) >= 11 is 0. The molecule has 21 heavy (non-hydrogen) atoms. The summed E-state index contributed by atoms with van der Waals surface area (Å²) in [6, 6.07) is 1.72. The van der Waals surface area contributed by atoms with Crippen molar-refractivity contribution in [2.45, 2.75) is 64.6 Å². The van der Waals surface area contributed by atoms with Gasteiger partial charge in [0.2, 0.25) is 0 Å². The largest absolute Gasteiger partial charge is 0.356 e. The second-order valence-corrected chi connectivity index (χ2v) is 7.29. The Morgan fingerprint density at radius 3 is 2.19 bits per heavy atom. The molecule has 1 fully saturated rings. The summed E-state index contributed by atoms with van der Waals surface area (Å²) in [5, 5.41) is 0. The molecule has 2 heterocycles. The van der Waals surface area contributed by atoms with Crippen LogP contribution in [0.5, 0.6) is 0 Å². The molecule has 5 heteroatoms. The first-order valence-corrected chi connectivity index (χ1v) is 7.34. The van der Waals surface area contributed by atoms with E-state index in [1.54, 1.807) is 12.3 Å². The Morgan fingerprint density at radius 1 is 1.24 bits per heavy atom. The molecule has 5 nitrogen and oxygen atoms in total. The third-order valence-electron chi connectivity index (χ3n) is 4.26. The number of aromatic nitrogens is 1. The summed E-state index contributed by atoms with van der Waals surface area (Å²) in [5.74, 6) is -0.131. The highest BCUT2D eigenvalue weighted by molar-refractivity contribution is 5.99. The predicted octanol–water partition coefficient (Wildman–Crippen LogP) is 2.34. The lowest BCUT2D eigenvalue weighted by Crippen LogP contribution is -2.65. The van der Waals surface area contributed by atoms with E-state index < -0.39 is 0 Å². The fourth-order valence-corrected chi connectivity index (χ4v) is 3.75. The van der Waals surface area contributed by atoms with Gasteiger partial charge in [-0.1, -0.05) is 0 Å². The minimum absolute atomic E-state index is 0.0514. The first-order chi connectivity index (χ1) is 9.54.